The topological polar surface area (TPSA) is 47.3 Å². The molecule has 0 radical (unpaired) electrons. The molecule has 0 saturated heterocycles. The van der Waals surface area contributed by atoms with Gasteiger partial charge in [0, 0.05) is 6.04 Å². The van der Waals surface area contributed by atoms with Crippen molar-refractivity contribution in [3.63, 3.8) is 0 Å². The van der Waals surface area contributed by atoms with Crippen LogP contribution in [0.15, 0.2) is 18.2 Å². The standard InChI is InChI=1S/C14H21ClN2O/c1-18-13-9-11(7-8-12(13)15)14(17-16)10-5-3-2-4-6-10/h7-10,14,17H,2-6,16H2,1H3. The highest BCUT2D eigenvalue weighted by Gasteiger charge is 2.24. The lowest BCUT2D eigenvalue weighted by Crippen LogP contribution is -2.34. The zero-order chi connectivity index (χ0) is 13.0. The second kappa shape index (κ2) is 6.41. The lowest BCUT2D eigenvalue weighted by atomic mass is 9.81. The number of halogens is 1. The molecule has 1 aliphatic carbocycles. The SMILES string of the molecule is COc1cc(C(NN)C2CCCCC2)ccc1Cl. The Labute approximate surface area is 114 Å². The molecule has 18 heavy (non-hydrogen) atoms. The Kier molecular flexibility index (Phi) is 4.87. The van der Waals surface area contributed by atoms with Gasteiger partial charge in [0.25, 0.3) is 0 Å². The Balaban J connectivity index is 2.20. The van der Waals surface area contributed by atoms with Crippen molar-refractivity contribution >= 4 is 11.6 Å². The first kappa shape index (κ1) is 13.7. The highest BCUT2D eigenvalue weighted by Crippen LogP contribution is 2.36. The molecule has 1 aromatic rings. The van der Waals surface area contributed by atoms with E-state index in [0.717, 1.165) is 5.56 Å². The Morgan fingerprint density at radius 3 is 2.67 bits per heavy atom. The van der Waals surface area contributed by atoms with E-state index in [2.05, 4.69) is 5.43 Å². The molecule has 1 atom stereocenters. The van der Waals surface area contributed by atoms with Gasteiger partial charge in [-0.25, -0.2) is 0 Å². The molecule has 2 rings (SSSR count). The fourth-order valence-corrected chi connectivity index (χ4v) is 3.04. The molecule has 0 heterocycles. The molecule has 100 valence electrons. The zero-order valence-electron chi connectivity index (χ0n) is 10.8. The summed E-state index contributed by atoms with van der Waals surface area (Å²) in [6.07, 6.45) is 6.42. The second-order valence-corrected chi connectivity index (χ2v) is 5.34. The number of nitrogens with two attached hydrogens (primary N) is 1. The molecule has 0 spiro atoms. The van der Waals surface area contributed by atoms with Gasteiger partial charge in [0.15, 0.2) is 0 Å². The van der Waals surface area contributed by atoms with Crippen LogP contribution in [0.3, 0.4) is 0 Å². The number of rotatable bonds is 4. The molecule has 0 amide bonds. The molecule has 1 unspecified atom stereocenters. The number of hydrogen-bond acceptors (Lipinski definition) is 3. The highest BCUT2D eigenvalue weighted by atomic mass is 35.5. The van der Waals surface area contributed by atoms with Crippen molar-refractivity contribution in [2.24, 2.45) is 11.8 Å². The van der Waals surface area contributed by atoms with Crippen LogP contribution >= 0.6 is 11.6 Å². The van der Waals surface area contributed by atoms with Crippen molar-refractivity contribution in [3.8, 4) is 5.75 Å². The van der Waals surface area contributed by atoms with Crippen molar-refractivity contribution in [3.05, 3.63) is 28.8 Å². The van der Waals surface area contributed by atoms with E-state index < -0.39 is 0 Å². The average Bonchev–Trinajstić information content (AvgIpc) is 2.42. The fraction of sp³-hybridized carbons (Fsp3) is 0.571. The molecular formula is C14H21ClN2O. The Morgan fingerprint density at radius 2 is 2.06 bits per heavy atom. The van der Waals surface area contributed by atoms with Crippen LogP contribution in [0, 0.1) is 5.92 Å². The lowest BCUT2D eigenvalue weighted by molar-refractivity contribution is 0.273. The minimum Gasteiger partial charge on any atom is -0.495 e. The third-order valence-corrected chi connectivity index (χ3v) is 4.15. The zero-order valence-corrected chi connectivity index (χ0v) is 11.5. The average molecular weight is 269 g/mol. The lowest BCUT2D eigenvalue weighted by Gasteiger charge is -2.30. The van der Waals surface area contributed by atoms with Crippen molar-refractivity contribution in [1.29, 1.82) is 0 Å². The summed E-state index contributed by atoms with van der Waals surface area (Å²) in [5.74, 6) is 7.06. The second-order valence-electron chi connectivity index (χ2n) is 4.94. The number of methoxy groups -OCH3 is 1. The number of nitrogens with one attached hydrogen (secondary N) is 1. The Morgan fingerprint density at radius 1 is 1.33 bits per heavy atom. The molecule has 0 bridgehead atoms. The normalized spacial score (nSPS) is 18.6. The molecule has 3 N–H and O–H groups in total. The summed E-state index contributed by atoms with van der Waals surface area (Å²) in [5.41, 5.74) is 4.12. The first-order valence-corrected chi connectivity index (χ1v) is 6.93. The minimum absolute atomic E-state index is 0.191. The summed E-state index contributed by atoms with van der Waals surface area (Å²) in [5, 5.41) is 0.640. The van der Waals surface area contributed by atoms with Crippen LogP contribution in [0.4, 0.5) is 0 Å². The van der Waals surface area contributed by atoms with E-state index in [0.29, 0.717) is 16.7 Å². The number of hydrazine groups is 1. The van der Waals surface area contributed by atoms with Gasteiger partial charge in [0.2, 0.25) is 0 Å². The predicted octanol–water partition coefficient (Wildman–Crippen LogP) is 3.43. The van der Waals surface area contributed by atoms with Crippen LogP contribution in [-0.4, -0.2) is 7.11 Å². The molecule has 4 heteroatoms. The number of ether oxygens (including phenoxy) is 1. The molecule has 3 nitrogen and oxygen atoms in total. The Bertz CT molecular complexity index is 391. The van der Waals surface area contributed by atoms with Crippen molar-refractivity contribution in [2.45, 2.75) is 38.1 Å². The highest BCUT2D eigenvalue weighted by molar-refractivity contribution is 6.32. The first-order chi connectivity index (χ1) is 8.76. The van der Waals surface area contributed by atoms with Crippen LogP contribution in [0.25, 0.3) is 0 Å². The maximum absolute atomic E-state index is 6.05. The van der Waals surface area contributed by atoms with Gasteiger partial charge in [0.05, 0.1) is 12.1 Å². The van der Waals surface area contributed by atoms with E-state index in [9.17, 15) is 0 Å². The van der Waals surface area contributed by atoms with E-state index in [1.165, 1.54) is 32.1 Å². The van der Waals surface area contributed by atoms with Crippen LogP contribution in [-0.2, 0) is 0 Å². The van der Waals surface area contributed by atoms with Crippen molar-refractivity contribution in [2.75, 3.05) is 7.11 Å². The summed E-state index contributed by atoms with van der Waals surface area (Å²) < 4.78 is 5.27. The summed E-state index contributed by atoms with van der Waals surface area (Å²) in [4.78, 5) is 0. The smallest absolute Gasteiger partial charge is 0.137 e. The van der Waals surface area contributed by atoms with Crippen molar-refractivity contribution < 1.29 is 4.74 Å². The third kappa shape index (κ3) is 2.97. The van der Waals surface area contributed by atoms with Gasteiger partial charge in [-0.1, -0.05) is 36.9 Å². The van der Waals surface area contributed by atoms with E-state index in [1.807, 2.05) is 18.2 Å². The number of benzene rings is 1. The maximum Gasteiger partial charge on any atom is 0.137 e. The van der Waals surface area contributed by atoms with Gasteiger partial charge in [-0.05, 0) is 36.5 Å². The summed E-state index contributed by atoms with van der Waals surface area (Å²) in [7, 11) is 1.64. The minimum atomic E-state index is 0.191. The van der Waals surface area contributed by atoms with Gasteiger partial charge < -0.3 is 4.74 Å². The van der Waals surface area contributed by atoms with Crippen LogP contribution in [0.5, 0.6) is 5.75 Å². The van der Waals surface area contributed by atoms with E-state index in [4.69, 9.17) is 22.2 Å². The largest absolute Gasteiger partial charge is 0.495 e. The van der Waals surface area contributed by atoms with E-state index in [-0.39, 0.29) is 6.04 Å². The fourth-order valence-electron chi connectivity index (χ4n) is 2.84. The van der Waals surface area contributed by atoms with Gasteiger partial charge in [-0.15, -0.1) is 0 Å². The molecule has 0 aliphatic heterocycles. The van der Waals surface area contributed by atoms with Crippen LogP contribution in [0.2, 0.25) is 5.02 Å². The summed E-state index contributed by atoms with van der Waals surface area (Å²) in [6.45, 7) is 0. The van der Waals surface area contributed by atoms with Gasteiger partial charge in [-0.2, -0.15) is 0 Å². The molecular weight excluding hydrogens is 248 g/mol. The predicted molar refractivity (Wildman–Crippen MR) is 74.6 cm³/mol. The summed E-state index contributed by atoms with van der Waals surface area (Å²) >= 11 is 6.05. The van der Waals surface area contributed by atoms with Gasteiger partial charge in [0.1, 0.15) is 5.75 Å². The number of hydrogen-bond donors (Lipinski definition) is 2. The van der Waals surface area contributed by atoms with Gasteiger partial charge in [-0.3, -0.25) is 11.3 Å². The molecule has 1 fully saturated rings. The maximum atomic E-state index is 6.05. The molecule has 1 saturated carbocycles. The van der Waals surface area contributed by atoms with Crippen molar-refractivity contribution in [1.82, 2.24) is 5.43 Å². The van der Waals surface area contributed by atoms with Gasteiger partial charge >= 0.3 is 0 Å². The monoisotopic (exact) mass is 268 g/mol. The van der Waals surface area contributed by atoms with Crippen LogP contribution < -0.4 is 16.0 Å². The first-order valence-electron chi connectivity index (χ1n) is 6.56. The quantitative estimate of drug-likeness (QED) is 0.650. The Hall–Kier alpha value is -0.770. The van der Waals surface area contributed by atoms with E-state index in [1.54, 1.807) is 7.11 Å². The van der Waals surface area contributed by atoms with E-state index >= 15 is 0 Å². The molecule has 1 aromatic carbocycles. The molecule has 0 aromatic heterocycles. The summed E-state index contributed by atoms with van der Waals surface area (Å²) in [6, 6.07) is 6.09. The third-order valence-electron chi connectivity index (χ3n) is 3.84. The van der Waals surface area contributed by atoms with Crippen LogP contribution in [0.1, 0.15) is 43.7 Å². The molecule has 1 aliphatic rings.